The molecular weight excluding hydrogens is 344 g/mol. The lowest BCUT2D eigenvalue weighted by Crippen LogP contribution is -2.37. The number of nitrogens with one attached hydrogen (secondary N) is 2. The van der Waals surface area contributed by atoms with Crippen LogP contribution >= 0.6 is 0 Å². The van der Waals surface area contributed by atoms with E-state index in [9.17, 15) is 0 Å². The first-order valence-electron chi connectivity index (χ1n) is 9.31. The van der Waals surface area contributed by atoms with E-state index in [4.69, 9.17) is 9.47 Å². The Hall–Kier alpha value is -2.45. The Morgan fingerprint density at radius 2 is 1.96 bits per heavy atom. The van der Waals surface area contributed by atoms with Gasteiger partial charge in [0.05, 0.1) is 32.9 Å². The number of aromatic nitrogens is 3. The molecule has 0 bridgehead atoms. The summed E-state index contributed by atoms with van der Waals surface area (Å²) in [6.45, 7) is 8.49. The summed E-state index contributed by atoms with van der Waals surface area (Å²) in [5.74, 6) is 1.60. The van der Waals surface area contributed by atoms with Crippen LogP contribution < -0.4 is 10.6 Å². The summed E-state index contributed by atoms with van der Waals surface area (Å²) in [6.07, 6.45) is 1.54. The highest BCUT2D eigenvalue weighted by Gasteiger charge is 2.03. The van der Waals surface area contributed by atoms with Crippen LogP contribution in [0.15, 0.2) is 35.6 Å². The maximum atomic E-state index is 5.63. The van der Waals surface area contributed by atoms with E-state index in [2.05, 4.69) is 43.9 Å². The van der Waals surface area contributed by atoms with Gasteiger partial charge in [-0.15, -0.1) is 0 Å². The molecule has 1 heterocycles. The van der Waals surface area contributed by atoms with Gasteiger partial charge in [0.1, 0.15) is 12.2 Å². The molecule has 8 heteroatoms. The van der Waals surface area contributed by atoms with Gasteiger partial charge in [0.25, 0.3) is 0 Å². The van der Waals surface area contributed by atoms with Crippen molar-refractivity contribution in [2.75, 3.05) is 26.4 Å². The van der Waals surface area contributed by atoms with Crippen molar-refractivity contribution in [3.63, 3.8) is 0 Å². The first-order valence-corrected chi connectivity index (χ1v) is 9.31. The van der Waals surface area contributed by atoms with Crippen LogP contribution in [-0.2, 0) is 36.2 Å². The van der Waals surface area contributed by atoms with Crippen molar-refractivity contribution in [2.45, 2.75) is 33.5 Å². The van der Waals surface area contributed by atoms with Crippen LogP contribution in [0.3, 0.4) is 0 Å². The van der Waals surface area contributed by atoms with Gasteiger partial charge in [0.2, 0.25) is 0 Å². The highest BCUT2D eigenvalue weighted by Crippen LogP contribution is 2.08. The Morgan fingerprint density at radius 3 is 2.70 bits per heavy atom. The van der Waals surface area contributed by atoms with Gasteiger partial charge in [-0.25, -0.2) is 9.98 Å². The molecule has 2 N–H and O–H groups in total. The number of nitrogens with zero attached hydrogens (tertiary/aromatic N) is 4. The number of aryl methyl sites for hydroxylation is 1. The second-order valence-electron chi connectivity index (χ2n) is 5.92. The molecule has 0 fully saturated rings. The molecule has 0 spiro atoms. The molecule has 2 aromatic rings. The number of ether oxygens (including phenoxy) is 2. The largest absolute Gasteiger partial charge is 0.379 e. The molecule has 8 nitrogen and oxygen atoms in total. The average molecular weight is 374 g/mol. The Labute approximate surface area is 161 Å². The van der Waals surface area contributed by atoms with Crippen LogP contribution in [0, 0.1) is 0 Å². The van der Waals surface area contributed by atoms with Crippen LogP contribution in [0.25, 0.3) is 0 Å². The van der Waals surface area contributed by atoms with Crippen LogP contribution in [0.1, 0.15) is 30.8 Å². The SMILES string of the molecule is CCNC(=NCc1cccc(COCCOCC)c1)NCc1ncnn1C. The van der Waals surface area contributed by atoms with Crippen molar-refractivity contribution in [3.05, 3.63) is 47.5 Å². The Kier molecular flexibility index (Phi) is 9.29. The lowest BCUT2D eigenvalue weighted by Gasteiger charge is -2.11. The van der Waals surface area contributed by atoms with Gasteiger partial charge < -0.3 is 20.1 Å². The summed E-state index contributed by atoms with van der Waals surface area (Å²) in [4.78, 5) is 8.86. The zero-order valence-electron chi connectivity index (χ0n) is 16.4. The van der Waals surface area contributed by atoms with Gasteiger partial charge in [0, 0.05) is 20.2 Å². The minimum absolute atomic E-state index is 0.566. The lowest BCUT2D eigenvalue weighted by atomic mass is 10.1. The standard InChI is InChI=1S/C19H30N6O2/c1-4-20-19(22-13-18-23-15-24-25(18)3)21-12-16-7-6-8-17(11-16)14-27-10-9-26-5-2/h6-8,11,15H,4-5,9-10,12-14H2,1-3H3,(H2,20,21,22). The molecular formula is C19H30N6O2. The van der Waals surface area contributed by atoms with E-state index in [1.54, 1.807) is 11.0 Å². The first-order chi connectivity index (χ1) is 13.2. The molecule has 1 aromatic carbocycles. The zero-order chi connectivity index (χ0) is 19.3. The van der Waals surface area contributed by atoms with Crippen molar-refractivity contribution in [2.24, 2.45) is 12.0 Å². The number of benzene rings is 1. The van der Waals surface area contributed by atoms with Crippen LogP contribution in [0.4, 0.5) is 0 Å². The van der Waals surface area contributed by atoms with Crippen LogP contribution in [0.5, 0.6) is 0 Å². The molecule has 0 aliphatic carbocycles. The molecule has 0 saturated carbocycles. The quantitative estimate of drug-likeness (QED) is 0.353. The highest BCUT2D eigenvalue weighted by atomic mass is 16.5. The Balaban J connectivity index is 1.86. The Bertz CT molecular complexity index is 701. The normalized spacial score (nSPS) is 11.6. The van der Waals surface area contributed by atoms with E-state index in [1.165, 1.54) is 0 Å². The van der Waals surface area contributed by atoms with Gasteiger partial charge in [-0.3, -0.25) is 4.68 Å². The molecule has 2 rings (SSSR count). The summed E-state index contributed by atoms with van der Waals surface area (Å²) in [6, 6.07) is 8.28. The number of aliphatic imine (C=N–C) groups is 1. The van der Waals surface area contributed by atoms with Gasteiger partial charge in [-0.1, -0.05) is 24.3 Å². The number of hydrogen-bond acceptors (Lipinski definition) is 5. The fourth-order valence-electron chi connectivity index (χ4n) is 2.43. The van der Waals surface area contributed by atoms with E-state index >= 15 is 0 Å². The van der Waals surface area contributed by atoms with E-state index in [0.717, 1.165) is 36.1 Å². The molecule has 0 radical (unpaired) electrons. The molecule has 0 saturated heterocycles. The van der Waals surface area contributed by atoms with E-state index < -0.39 is 0 Å². The van der Waals surface area contributed by atoms with Gasteiger partial charge in [0.15, 0.2) is 5.96 Å². The number of rotatable bonds is 11. The summed E-state index contributed by atoms with van der Waals surface area (Å²) in [5.41, 5.74) is 2.27. The zero-order valence-corrected chi connectivity index (χ0v) is 16.4. The molecule has 0 amide bonds. The third-order valence-electron chi connectivity index (χ3n) is 3.82. The molecule has 1 aromatic heterocycles. The lowest BCUT2D eigenvalue weighted by molar-refractivity contribution is 0.0453. The third kappa shape index (κ3) is 7.76. The topological polar surface area (TPSA) is 85.6 Å². The second-order valence-corrected chi connectivity index (χ2v) is 5.92. The molecule has 27 heavy (non-hydrogen) atoms. The maximum Gasteiger partial charge on any atom is 0.191 e. The number of hydrogen-bond donors (Lipinski definition) is 2. The van der Waals surface area contributed by atoms with Gasteiger partial charge >= 0.3 is 0 Å². The highest BCUT2D eigenvalue weighted by molar-refractivity contribution is 5.79. The Morgan fingerprint density at radius 1 is 1.15 bits per heavy atom. The van der Waals surface area contributed by atoms with Crippen LogP contribution in [-0.4, -0.2) is 47.1 Å². The number of guanidine groups is 1. The predicted molar refractivity (Wildman–Crippen MR) is 105 cm³/mol. The van der Waals surface area contributed by atoms with E-state index in [0.29, 0.717) is 32.9 Å². The smallest absolute Gasteiger partial charge is 0.191 e. The van der Waals surface area contributed by atoms with Gasteiger partial charge in [-0.05, 0) is 25.0 Å². The summed E-state index contributed by atoms with van der Waals surface area (Å²) < 4.78 is 12.6. The summed E-state index contributed by atoms with van der Waals surface area (Å²) in [5, 5.41) is 10.6. The van der Waals surface area contributed by atoms with E-state index in [1.807, 2.05) is 27.0 Å². The minimum atomic E-state index is 0.566. The molecule has 0 aliphatic heterocycles. The summed E-state index contributed by atoms with van der Waals surface area (Å²) >= 11 is 0. The summed E-state index contributed by atoms with van der Waals surface area (Å²) in [7, 11) is 1.87. The predicted octanol–water partition coefficient (Wildman–Crippen LogP) is 1.62. The maximum absolute atomic E-state index is 5.63. The fraction of sp³-hybridized carbons (Fsp3) is 0.526. The van der Waals surface area contributed by atoms with E-state index in [-0.39, 0.29) is 0 Å². The molecule has 148 valence electrons. The molecule has 0 aliphatic rings. The van der Waals surface area contributed by atoms with Crippen molar-refractivity contribution >= 4 is 5.96 Å². The fourth-order valence-corrected chi connectivity index (χ4v) is 2.43. The van der Waals surface area contributed by atoms with Crippen molar-refractivity contribution < 1.29 is 9.47 Å². The van der Waals surface area contributed by atoms with Crippen LogP contribution in [0.2, 0.25) is 0 Å². The second kappa shape index (κ2) is 12.0. The first kappa shape index (κ1) is 20.9. The third-order valence-corrected chi connectivity index (χ3v) is 3.82. The van der Waals surface area contributed by atoms with Crippen molar-refractivity contribution in [1.82, 2.24) is 25.4 Å². The van der Waals surface area contributed by atoms with Crippen molar-refractivity contribution in [1.29, 1.82) is 0 Å². The minimum Gasteiger partial charge on any atom is -0.379 e. The van der Waals surface area contributed by atoms with Gasteiger partial charge in [-0.2, -0.15) is 5.10 Å². The average Bonchev–Trinajstić information content (AvgIpc) is 3.09. The molecule has 0 atom stereocenters. The monoisotopic (exact) mass is 374 g/mol. The van der Waals surface area contributed by atoms with Crippen molar-refractivity contribution in [3.8, 4) is 0 Å². The molecule has 0 unspecified atom stereocenters.